The van der Waals surface area contributed by atoms with Crippen molar-refractivity contribution >= 4 is 11.0 Å². The van der Waals surface area contributed by atoms with E-state index in [2.05, 4.69) is 27.4 Å². The Kier molecular flexibility index (Phi) is 3.45. The molecule has 0 amide bonds. The van der Waals surface area contributed by atoms with Gasteiger partial charge in [0.05, 0.1) is 17.4 Å². The summed E-state index contributed by atoms with van der Waals surface area (Å²) in [5.41, 5.74) is 9.18. The Morgan fingerprint density at radius 2 is 2.24 bits per heavy atom. The molecule has 0 atom stereocenters. The van der Waals surface area contributed by atoms with E-state index in [9.17, 15) is 0 Å². The van der Waals surface area contributed by atoms with Gasteiger partial charge in [0, 0.05) is 12.1 Å². The van der Waals surface area contributed by atoms with Crippen LogP contribution in [0.3, 0.4) is 0 Å². The van der Waals surface area contributed by atoms with Crippen LogP contribution in [0.25, 0.3) is 11.0 Å². The summed E-state index contributed by atoms with van der Waals surface area (Å²) >= 11 is 0. The first-order valence-electron chi connectivity index (χ1n) is 5.96. The second kappa shape index (κ2) is 4.85. The maximum atomic E-state index is 5.90. The van der Waals surface area contributed by atoms with E-state index >= 15 is 0 Å². The van der Waals surface area contributed by atoms with Crippen LogP contribution in [0.15, 0.2) is 24.5 Å². The van der Waals surface area contributed by atoms with Crippen LogP contribution >= 0.6 is 0 Å². The van der Waals surface area contributed by atoms with Gasteiger partial charge in [0.1, 0.15) is 0 Å². The topological polar surface area (TPSA) is 66.7 Å². The van der Waals surface area contributed by atoms with Crippen molar-refractivity contribution in [3.8, 4) is 0 Å². The Balaban J connectivity index is 1.86. The smallest absolute Gasteiger partial charge is 0.0931 e. The minimum atomic E-state index is -0.146. The average Bonchev–Trinajstić information content (AvgIpc) is 2.70. The van der Waals surface area contributed by atoms with Gasteiger partial charge in [-0.05, 0) is 44.5 Å². The number of rotatable bonds is 5. The number of H-pyrrole nitrogens is 1. The Hall–Kier alpha value is -1.39. The summed E-state index contributed by atoms with van der Waals surface area (Å²) < 4.78 is 0. The van der Waals surface area contributed by atoms with E-state index in [0.29, 0.717) is 0 Å². The van der Waals surface area contributed by atoms with E-state index in [1.807, 2.05) is 19.9 Å². The summed E-state index contributed by atoms with van der Waals surface area (Å²) in [5, 5.41) is 3.36. The highest BCUT2D eigenvalue weighted by atomic mass is 14.9. The highest BCUT2D eigenvalue weighted by molar-refractivity contribution is 5.74. The molecular weight excluding hydrogens is 212 g/mol. The Labute approximate surface area is 102 Å². The van der Waals surface area contributed by atoms with Gasteiger partial charge < -0.3 is 16.0 Å². The van der Waals surface area contributed by atoms with Gasteiger partial charge in [-0.15, -0.1) is 0 Å². The molecular formula is C13H20N4. The maximum absolute atomic E-state index is 5.90. The van der Waals surface area contributed by atoms with Crippen LogP contribution in [-0.4, -0.2) is 28.6 Å². The predicted octanol–water partition coefficient (Wildman–Crippen LogP) is 1.43. The van der Waals surface area contributed by atoms with E-state index in [0.717, 1.165) is 30.5 Å². The number of imidazole rings is 1. The molecule has 1 heterocycles. The molecule has 0 bridgehead atoms. The summed E-state index contributed by atoms with van der Waals surface area (Å²) in [4.78, 5) is 7.32. The Bertz CT molecular complexity index is 481. The fourth-order valence-electron chi connectivity index (χ4n) is 1.78. The standard InChI is InChI=1S/C13H20N4/c1-13(2,14)8-15-6-5-10-3-4-11-12(7-10)17-9-16-11/h3-4,7,9,15H,5-6,8,14H2,1-2H3,(H,16,17). The van der Waals surface area contributed by atoms with Gasteiger partial charge in [-0.1, -0.05) is 6.07 Å². The Morgan fingerprint density at radius 1 is 1.41 bits per heavy atom. The van der Waals surface area contributed by atoms with Gasteiger partial charge >= 0.3 is 0 Å². The van der Waals surface area contributed by atoms with Gasteiger partial charge in [-0.3, -0.25) is 0 Å². The zero-order valence-corrected chi connectivity index (χ0v) is 10.5. The third kappa shape index (κ3) is 3.54. The van der Waals surface area contributed by atoms with E-state index in [1.165, 1.54) is 5.56 Å². The molecule has 0 aliphatic carbocycles. The van der Waals surface area contributed by atoms with Crippen molar-refractivity contribution in [2.24, 2.45) is 5.73 Å². The number of fused-ring (bicyclic) bond motifs is 1. The fraction of sp³-hybridized carbons (Fsp3) is 0.462. The summed E-state index contributed by atoms with van der Waals surface area (Å²) in [7, 11) is 0. The lowest BCUT2D eigenvalue weighted by atomic mass is 10.1. The second-order valence-electron chi connectivity index (χ2n) is 5.17. The second-order valence-corrected chi connectivity index (χ2v) is 5.17. The molecule has 0 fully saturated rings. The van der Waals surface area contributed by atoms with E-state index in [-0.39, 0.29) is 5.54 Å². The summed E-state index contributed by atoms with van der Waals surface area (Å²) in [6.45, 7) is 5.83. The number of nitrogens with zero attached hydrogens (tertiary/aromatic N) is 1. The molecule has 2 rings (SSSR count). The van der Waals surface area contributed by atoms with Crippen molar-refractivity contribution in [2.45, 2.75) is 25.8 Å². The number of hydrogen-bond donors (Lipinski definition) is 3. The summed E-state index contributed by atoms with van der Waals surface area (Å²) in [6.07, 6.45) is 2.73. The van der Waals surface area contributed by atoms with Crippen molar-refractivity contribution in [3.05, 3.63) is 30.1 Å². The number of aromatic nitrogens is 2. The predicted molar refractivity (Wildman–Crippen MR) is 70.9 cm³/mol. The third-order valence-electron chi connectivity index (χ3n) is 2.66. The quantitative estimate of drug-likeness (QED) is 0.683. The van der Waals surface area contributed by atoms with Gasteiger partial charge in [0.2, 0.25) is 0 Å². The molecule has 4 nitrogen and oxygen atoms in total. The molecule has 0 saturated carbocycles. The van der Waals surface area contributed by atoms with Crippen LogP contribution < -0.4 is 11.1 Å². The number of aromatic amines is 1. The maximum Gasteiger partial charge on any atom is 0.0931 e. The molecule has 17 heavy (non-hydrogen) atoms. The van der Waals surface area contributed by atoms with E-state index < -0.39 is 0 Å². The van der Waals surface area contributed by atoms with Gasteiger partial charge in [-0.25, -0.2) is 4.98 Å². The zero-order valence-electron chi connectivity index (χ0n) is 10.5. The molecule has 0 saturated heterocycles. The third-order valence-corrected chi connectivity index (χ3v) is 2.66. The van der Waals surface area contributed by atoms with Crippen LogP contribution in [0.4, 0.5) is 0 Å². The van der Waals surface area contributed by atoms with E-state index in [4.69, 9.17) is 5.73 Å². The van der Waals surface area contributed by atoms with Crippen LogP contribution in [0.2, 0.25) is 0 Å². The lowest BCUT2D eigenvalue weighted by Gasteiger charge is -2.18. The first kappa shape index (κ1) is 12.1. The zero-order chi connectivity index (χ0) is 12.3. The lowest BCUT2D eigenvalue weighted by molar-refractivity contribution is 0.469. The molecule has 1 aromatic carbocycles. The van der Waals surface area contributed by atoms with Crippen LogP contribution in [0, 0.1) is 0 Å². The molecule has 1 aromatic heterocycles. The number of nitrogens with two attached hydrogens (primary N) is 1. The van der Waals surface area contributed by atoms with Crippen LogP contribution in [0.1, 0.15) is 19.4 Å². The van der Waals surface area contributed by atoms with Gasteiger partial charge in [-0.2, -0.15) is 0 Å². The highest BCUT2D eigenvalue weighted by Gasteiger charge is 2.08. The summed E-state index contributed by atoms with van der Waals surface area (Å²) in [6, 6.07) is 6.32. The van der Waals surface area contributed by atoms with Crippen LogP contribution in [-0.2, 0) is 6.42 Å². The molecule has 0 radical (unpaired) electrons. The summed E-state index contributed by atoms with van der Waals surface area (Å²) in [5.74, 6) is 0. The average molecular weight is 232 g/mol. The molecule has 0 aliphatic heterocycles. The molecule has 4 N–H and O–H groups in total. The minimum absolute atomic E-state index is 0.146. The highest BCUT2D eigenvalue weighted by Crippen LogP contribution is 2.11. The normalized spacial score (nSPS) is 12.2. The minimum Gasteiger partial charge on any atom is -0.345 e. The first-order chi connectivity index (χ1) is 8.04. The number of hydrogen-bond acceptors (Lipinski definition) is 3. The molecule has 92 valence electrons. The molecule has 2 aromatic rings. The SMILES string of the molecule is CC(C)(N)CNCCc1ccc2nc[nH]c2c1. The van der Waals surface area contributed by atoms with E-state index in [1.54, 1.807) is 6.33 Å². The molecule has 0 unspecified atom stereocenters. The lowest BCUT2D eigenvalue weighted by Crippen LogP contribution is -2.43. The monoisotopic (exact) mass is 232 g/mol. The van der Waals surface area contributed by atoms with Crippen molar-refractivity contribution in [3.63, 3.8) is 0 Å². The van der Waals surface area contributed by atoms with Gasteiger partial charge in [0.15, 0.2) is 0 Å². The van der Waals surface area contributed by atoms with Crippen molar-refractivity contribution in [2.75, 3.05) is 13.1 Å². The molecule has 0 aliphatic rings. The fourth-order valence-corrected chi connectivity index (χ4v) is 1.78. The van der Waals surface area contributed by atoms with Crippen molar-refractivity contribution in [1.29, 1.82) is 0 Å². The van der Waals surface area contributed by atoms with Crippen molar-refractivity contribution < 1.29 is 0 Å². The molecule has 0 spiro atoms. The van der Waals surface area contributed by atoms with Crippen molar-refractivity contribution in [1.82, 2.24) is 15.3 Å². The number of benzene rings is 1. The Morgan fingerprint density at radius 3 is 3.00 bits per heavy atom. The molecule has 4 heteroatoms. The largest absolute Gasteiger partial charge is 0.345 e. The van der Waals surface area contributed by atoms with Crippen LogP contribution in [0.5, 0.6) is 0 Å². The van der Waals surface area contributed by atoms with Gasteiger partial charge in [0.25, 0.3) is 0 Å². The first-order valence-corrected chi connectivity index (χ1v) is 5.96. The number of nitrogens with one attached hydrogen (secondary N) is 2.